The molecule has 0 saturated heterocycles. The third-order valence-corrected chi connectivity index (χ3v) is 5.18. The van der Waals surface area contributed by atoms with Crippen LogP contribution in [-0.4, -0.2) is 0 Å². The van der Waals surface area contributed by atoms with E-state index in [0.29, 0.717) is 0 Å². The number of rotatable bonds is 1. The fourth-order valence-electron chi connectivity index (χ4n) is 4.83. The fourth-order valence-corrected chi connectivity index (χ4v) is 4.83. The molecule has 0 aliphatic heterocycles. The monoisotopic (exact) mass is 229 g/mol. The summed E-state index contributed by atoms with van der Waals surface area (Å²) in [6.07, 6.45) is 6.97. The minimum Gasteiger partial charge on any atom is -0.191 e. The molecule has 1 aromatic rings. The highest BCUT2D eigenvalue weighted by Gasteiger charge is 2.52. The van der Waals surface area contributed by atoms with Crippen molar-refractivity contribution in [3.05, 3.63) is 41.6 Å². The van der Waals surface area contributed by atoms with Gasteiger partial charge in [0.2, 0.25) is 0 Å². The lowest BCUT2D eigenvalue weighted by atomic mass is 9.51. The molecule has 0 N–H and O–H groups in total. The van der Waals surface area contributed by atoms with Crippen molar-refractivity contribution in [3.63, 3.8) is 0 Å². The van der Waals surface area contributed by atoms with Crippen molar-refractivity contribution in [2.24, 2.45) is 23.7 Å². The van der Waals surface area contributed by atoms with Crippen LogP contribution in [0, 0.1) is 35.4 Å². The van der Waals surface area contributed by atoms with E-state index in [1.54, 1.807) is 18.1 Å². The predicted octanol–water partition coefficient (Wildman–Crippen LogP) is 4.20. The number of hydrogen-bond donors (Lipinski definition) is 0. The molecule has 4 fully saturated rings. The average Bonchev–Trinajstić information content (AvgIpc) is 2.27. The maximum Gasteiger partial charge on any atom is 0.180 e. The summed E-state index contributed by atoms with van der Waals surface area (Å²) in [4.78, 5) is 0. The zero-order valence-electron chi connectivity index (χ0n) is 10.0. The Hall–Kier alpha value is -0.980. The van der Waals surface area contributed by atoms with Crippen molar-refractivity contribution in [1.82, 2.24) is 0 Å². The third kappa shape index (κ3) is 1.51. The number of halogens is 1. The molecule has 0 heterocycles. The van der Waals surface area contributed by atoms with E-state index in [4.69, 9.17) is 0 Å². The first kappa shape index (κ1) is 9.99. The molecule has 0 atom stereocenters. The lowest BCUT2D eigenvalue weighted by Crippen LogP contribution is -2.44. The quantitative estimate of drug-likeness (QED) is 0.633. The van der Waals surface area contributed by atoms with Crippen LogP contribution in [0.4, 0.5) is 4.39 Å². The Morgan fingerprint density at radius 3 is 2.18 bits per heavy atom. The van der Waals surface area contributed by atoms with Crippen molar-refractivity contribution in [3.8, 4) is 0 Å². The molecule has 4 saturated carbocycles. The molecule has 4 bridgehead atoms. The second-order valence-electron chi connectivity index (χ2n) is 6.27. The molecule has 0 nitrogen and oxygen atoms in total. The summed E-state index contributed by atoms with van der Waals surface area (Å²) in [6, 6.07) is 7.28. The summed E-state index contributed by atoms with van der Waals surface area (Å²) in [5.41, 5.74) is 1.19. The van der Waals surface area contributed by atoms with Gasteiger partial charge in [0, 0.05) is 29.9 Å². The van der Waals surface area contributed by atoms with Gasteiger partial charge in [-0.3, -0.25) is 0 Å². The van der Waals surface area contributed by atoms with Crippen LogP contribution < -0.4 is 0 Å². The maximum atomic E-state index is 13.4. The minimum absolute atomic E-state index is 0.0798. The van der Waals surface area contributed by atoms with E-state index in [-0.39, 0.29) is 5.82 Å². The second-order valence-corrected chi connectivity index (χ2v) is 6.27. The van der Waals surface area contributed by atoms with Gasteiger partial charge in [-0.2, -0.15) is 4.39 Å². The normalized spacial score (nSPS) is 38.8. The first-order chi connectivity index (χ1) is 8.29. The first-order valence-corrected chi connectivity index (χ1v) is 6.92. The van der Waals surface area contributed by atoms with E-state index in [2.05, 4.69) is 6.07 Å². The van der Waals surface area contributed by atoms with Gasteiger partial charge in [0.05, 0.1) is 6.07 Å². The molecule has 5 rings (SSSR count). The molecule has 0 spiro atoms. The first-order valence-electron chi connectivity index (χ1n) is 6.92. The van der Waals surface area contributed by atoms with Crippen molar-refractivity contribution in [1.29, 1.82) is 0 Å². The van der Waals surface area contributed by atoms with Crippen molar-refractivity contribution < 1.29 is 4.39 Å². The van der Waals surface area contributed by atoms with Crippen molar-refractivity contribution in [2.75, 3.05) is 0 Å². The average molecular weight is 229 g/mol. The predicted molar refractivity (Wildman–Crippen MR) is 65.8 cm³/mol. The molecule has 88 valence electrons. The number of hydrogen-bond acceptors (Lipinski definition) is 0. The Morgan fingerprint density at radius 1 is 0.941 bits per heavy atom. The highest BCUT2D eigenvalue weighted by molar-refractivity contribution is 5.36. The van der Waals surface area contributed by atoms with E-state index in [1.807, 2.05) is 6.07 Å². The molecule has 1 heteroatoms. The van der Waals surface area contributed by atoms with Crippen LogP contribution in [0.5, 0.6) is 0 Å². The molecule has 1 aromatic carbocycles. The molecule has 0 aromatic heterocycles. The molecule has 4 aliphatic rings. The van der Waals surface area contributed by atoms with E-state index in [0.717, 1.165) is 23.7 Å². The standard InChI is InChI=1S/C16H18F/c17-15-3-1-2-12(9-15)16-13-5-10-4-11(7-13)8-14(16)6-10/h1-3,9-11,13-14H,4-8H2/q+1. The third-order valence-electron chi connectivity index (χ3n) is 5.18. The van der Waals surface area contributed by atoms with E-state index < -0.39 is 0 Å². The summed E-state index contributed by atoms with van der Waals surface area (Å²) in [5.74, 6) is 5.02. The van der Waals surface area contributed by atoms with Gasteiger partial charge in [-0.1, -0.05) is 0 Å². The highest BCUT2D eigenvalue weighted by atomic mass is 19.1. The molecular weight excluding hydrogens is 211 g/mol. The molecule has 0 radical (unpaired) electrons. The summed E-state index contributed by atoms with van der Waals surface area (Å²) in [7, 11) is 0. The summed E-state index contributed by atoms with van der Waals surface area (Å²) < 4.78 is 13.4. The molecule has 17 heavy (non-hydrogen) atoms. The Kier molecular flexibility index (Phi) is 2.06. The molecule has 4 aliphatic carbocycles. The highest BCUT2D eigenvalue weighted by Crippen LogP contribution is 2.59. The SMILES string of the molecule is Fc1cccc([C+]2C3CC4CC(C3)CC2C4)c1. The van der Waals surface area contributed by atoms with E-state index >= 15 is 0 Å². The molecule has 0 unspecified atom stereocenters. The van der Waals surface area contributed by atoms with Crippen LogP contribution in [-0.2, 0) is 0 Å². The van der Waals surface area contributed by atoms with Crippen LogP contribution in [0.25, 0.3) is 0 Å². The lowest BCUT2D eigenvalue weighted by Gasteiger charge is -2.51. The van der Waals surface area contributed by atoms with Gasteiger partial charge in [-0.05, 0) is 50.0 Å². The second kappa shape index (κ2) is 3.51. The largest absolute Gasteiger partial charge is 0.191 e. The van der Waals surface area contributed by atoms with Crippen LogP contribution in [0.15, 0.2) is 24.3 Å². The number of benzene rings is 1. The maximum absolute atomic E-state index is 13.4. The van der Waals surface area contributed by atoms with Gasteiger partial charge >= 0.3 is 0 Å². The van der Waals surface area contributed by atoms with E-state index in [1.165, 1.54) is 37.7 Å². The topological polar surface area (TPSA) is 0 Å². The van der Waals surface area contributed by atoms with Gasteiger partial charge in [0.1, 0.15) is 5.56 Å². The van der Waals surface area contributed by atoms with Crippen LogP contribution in [0.2, 0.25) is 0 Å². The summed E-state index contributed by atoms with van der Waals surface area (Å²) in [6.45, 7) is 0. The van der Waals surface area contributed by atoms with Gasteiger partial charge in [0.15, 0.2) is 5.82 Å². The summed E-state index contributed by atoms with van der Waals surface area (Å²) >= 11 is 0. The van der Waals surface area contributed by atoms with Gasteiger partial charge in [0.25, 0.3) is 0 Å². The van der Waals surface area contributed by atoms with Gasteiger partial charge in [-0.25, -0.2) is 0 Å². The molecule has 0 amide bonds. The smallest absolute Gasteiger partial charge is 0.180 e. The fraction of sp³-hybridized carbons (Fsp3) is 0.562. The van der Waals surface area contributed by atoms with Crippen molar-refractivity contribution in [2.45, 2.75) is 32.1 Å². The minimum atomic E-state index is -0.0798. The summed E-state index contributed by atoms with van der Waals surface area (Å²) in [5, 5.41) is 0. The Bertz CT molecular complexity index is 409. The van der Waals surface area contributed by atoms with E-state index in [9.17, 15) is 4.39 Å². The van der Waals surface area contributed by atoms with Gasteiger partial charge < -0.3 is 0 Å². The van der Waals surface area contributed by atoms with Crippen LogP contribution >= 0.6 is 0 Å². The zero-order valence-corrected chi connectivity index (χ0v) is 10.0. The Balaban J connectivity index is 1.70. The molecular formula is C16H18F+. The Labute approximate surface area is 102 Å². The van der Waals surface area contributed by atoms with Crippen molar-refractivity contribution >= 4 is 0 Å². The van der Waals surface area contributed by atoms with Gasteiger partial charge in [-0.15, -0.1) is 0 Å². The van der Waals surface area contributed by atoms with Crippen LogP contribution in [0.3, 0.4) is 0 Å². The lowest BCUT2D eigenvalue weighted by molar-refractivity contribution is 0.0480. The van der Waals surface area contributed by atoms with Crippen LogP contribution in [0.1, 0.15) is 37.7 Å². The zero-order chi connectivity index (χ0) is 11.4. The Morgan fingerprint density at radius 2 is 1.59 bits per heavy atom.